The van der Waals surface area contributed by atoms with Crippen molar-refractivity contribution < 1.29 is 4.74 Å². The lowest BCUT2D eigenvalue weighted by molar-refractivity contribution is 0.0983. The second kappa shape index (κ2) is 6.34. The van der Waals surface area contributed by atoms with Gasteiger partial charge in [-0.1, -0.05) is 13.8 Å². The highest BCUT2D eigenvalue weighted by molar-refractivity contribution is 5.81. The quantitative estimate of drug-likeness (QED) is 0.542. The van der Waals surface area contributed by atoms with Crippen molar-refractivity contribution in [3.05, 3.63) is 11.6 Å². The molecular weight excluding hydrogens is 218 g/mol. The van der Waals surface area contributed by atoms with Crippen molar-refractivity contribution in [3.8, 4) is 0 Å². The zero-order valence-electron chi connectivity index (χ0n) is 10.7. The zero-order chi connectivity index (χ0) is 12.8. The van der Waals surface area contributed by atoms with Crippen molar-refractivity contribution in [2.75, 3.05) is 6.61 Å². The van der Waals surface area contributed by atoms with Crippen LogP contribution in [0.1, 0.15) is 32.4 Å². The lowest BCUT2D eigenvalue weighted by Gasteiger charge is -2.11. The van der Waals surface area contributed by atoms with Crippen LogP contribution in [0.25, 0.3) is 0 Å². The number of hydrogen-bond acceptors (Lipinski definition) is 4. The Hall–Kier alpha value is -1.43. The first-order valence-electron chi connectivity index (χ1n) is 5.96. The standard InChI is InChI=1S/C11H21N5O/c1-4-9-14-10(5-2)16(15-9)6-7-17-8(3)11(12)13/h8H,4-7H2,1-3H3,(H3,12,13). The Labute approximate surface area is 102 Å². The van der Waals surface area contributed by atoms with E-state index >= 15 is 0 Å². The maximum Gasteiger partial charge on any atom is 0.150 e. The van der Waals surface area contributed by atoms with E-state index in [4.69, 9.17) is 15.9 Å². The summed E-state index contributed by atoms with van der Waals surface area (Å²) < 4.78 is 7.28. The number of hydrogen-bond donors (Lipinski definition) is 2. The predicted octanol–water partition coefficient (Wildman–Crippen LogP) is 0.744. The van der Waals surface area contributed by atoms with Crippen molar-refractivity contribution in [2.24, 2.45) is 5.73 Å². The van der Waals surface area contributed by atoms with E-state index in [1.165, 1.54) is 0 Å². The molecule has 0 fully saturated rings. The minimum atomic E-state index is -0.339. The zero-order valence-corrected chi connectivity index (χ0v) is 10.7. The van der Waals surface area contributed by atoms with E-state index in [-0.39, 0.29) is 11.9 Å². The molecule has 0 aliphatic heterocycles. The van der Waals surface area contributed by atoms with E-state index in [1.54, 1.807) is 6.92 Å². The summed E-state index contributed by atoms with van der Waals surface area (Å²) in [5.74, 6) is 1.89. The monoisotopic (exact) mass is 239 g/mol. The van der Waals surface area contributed by atoms with Crippen LogP contribution in [0.15, 0.2) is 0 Å². The Morgan fingerprint density at radius 2 is 2.18 bits per heavy atom. The summed E-state index contributed by atoms with van der Waals surface area (Å²) in [7, 11) is 0. The van der Waals surface area contributed by atoms with Crippen molar-refractivity contribution in [2.45, 2.75) is 46.3 Å². The fourth-order valence-corrected chi connectivity index (χ4v) is 1.42. The number of ether oxygens (including phenoxy) is 1. The van der Waals surface area contributed by atoms with Gasteiger partial charge in [0.05, 0.1) is 13.2 Å². The van der Waals surface area contributed by atoms with Gasteiger partial charge < -0.3 is 10.5 Å². The minimum Gasteiger partial charge on any atom is -0.385 e. The van der Waals surface area contributed by atoms with Crippen molar-refractivity contribution in [3.63, 3.8) is 0 Å². The summed E-state index contributed by atoms with van der Waals surface area (Å²) >= 11 is 0. The Morgan fingerprint density at radius 3 is 2.71 bits per heavy atom. The van der Waals surface area contributed by atoms with Gasteiger partial charge in [-0.3, -0.25) is 5.41 Å². The second-order valence-corrected chi connectivity index (χ2v) is 3.84. The van der Waals surface area contributed by atoms with Gasteiger partial charge in [-0.05, 0) is 6.92 Å². The first-order valence-corrected chi connectivity index (χ1v) is 5.96. The van der Waals surface area contributed by atoms with E-state index < -0.39 is 0 Å². The molecule has 0 aromatic carbocycles. The number of nitrogens with one attached hydrogen (secondary N) is 1. The molecule has 0 bridgehead atoms. The van der Waals surface area contributed by atoms with Gasteiger partial charge in [0, 0.05) is 12.8 Å². The molecule has 0 saturated heterocycles. The number of rotatable bonds is 7. The van der Waals surface area contributed by atoms with Crippen molar-refractivity contribution >= 4 is 5.84 Å². The highest BCUT2D eigenvalue weighted by Gasteiger charge is 2.08. The van der Waals surface area contributed by atoms with E-state index in [0.29, 0.717) is 13.2 Å². The third-order valence-electron chi connectivity index (χ3n) is 2.53. The molecular formula is C11H21N5O. The number of nitrogens with zero attached hydrogens (tertiary/aromatic N) is 3. The smallest absolute Gasteiger partial charge is 0.150 e. The fourth-order valence-electron chi connectivity index (χ4n) is 1.42. The van der Waals surface area contributed by atoms with E-state index in [0.717, 1.165) is 24.5 Å². The average molecular weight is 239 g/mol. The lowest BCUT2D eigenvalue weighted by Crippen LogP contribution is -2.28. The van der Waals surface area contributed by atoms with Crippen LogP contribution in [0.4, 0.5) is 0 Å². The lowest BCUT2D eigenvalue weighted by atomic mass is 10.4. The van der Waals surface area contributed by atoms with E-state index in [2.05, 4.69) is 17.0 Å². The van der Waals surface area contributed by atoms with Crippen molar-refractivity contribution in [1.82, 2.24) is 14.8 Å². The van der Waals surface area contributed by atoms with E-state index in [9.17, 15) is 0 Å². The number of amidine groups is 1. The molecule has 0 aliphatic carbocycles. The Bertz CT molecular complexity index is 374. The summed E-state index contributed by atoms with van der Waals surface area (Å²) in [6, 6.07) is 0. The normalized spacial score (nSPS) is 12.6. The molecule has 1 unspecified atom stereocenters. The average Bonchev–Trinajstić information content (AvgIpc) is 2.71. The molecule has 6 nitrogen and oxygen atoms in total. The molecule has 3 N–H and O–H groups in total. The first kappa shape index (κ1) is 13.6. The second-order valence-electron chi connectivity index (χ2n) is 3.84. The fraction of sp³-hybridized carbons (Fsp3) is 0.727. The Kier molecular flexibility index (Phi) is 5.09. The maximum absolute atomic E-state index is 7.21. The molecule has 1 rings (SSSR count). The van der Waals surface area contributed by atoms with Crippen LogP contribution in [-0.2, 0) is 24.1 Å². The summed E-state index contributed by atoms with van der Waals surface area (Å²) in [5, 5.41) is 11.6. The van der Waals surface area contributed by atoms with Crippen LogP contribution in [0, 0.1) is 5.41 Å². The largest absolute Gasteiger partial charge is 0.385 e. The molecule has 0 saturated carbocycles. The highest BCUT2D eigenvalue weighted by Crippen LogP contribution is 2.01. The van der Waals surface area contributed by atoms with Crippen LogP contribution < -0.4 is 5.73 Å². The molecule has 6 heteroatoms. The van der Waals surface area contributed by atoms with Gasteiger partial charge in [-0.2, -0.15) is 5.10 Å². The number of nitrogens with two attached hydrogens (primary N) is 1. The maximum atomic E-state index is 7.21. The van der Waals surface area contributed by atoms with Gasteiger partial charge in [0.25, 0.3) is 0 Å². The third kappa shape index (κ3) is 3.81. The topological polar surface area (TPSA) is 89.8 Å². The van der Waals surface area contributed by atoms with E-state index in [1.807, 2.05) is 11.6 Å². The molecule has 0 radical (unpaired) electrons. The van der Waals surface area contributed by atoms with Crippen LogP contribution in [-0.4, -0.2) is 33.3 Å². The molecule has 0 spiro atoms. The molecule has 1 atom stereocenters. The summed E-state index contributed by atoms with van der Waals surface area (Å²) in [4.78, 5) is 4.41. The molecule has 0 aliphatic rings. The van der Waals surface area contributed by atoms with Gasteiger partial charge in [-0.25, -0.2) is 9.67 Å². The summed E-state index contributed by atoms with van der Waals surface area (Å²) in [6.07, 6.45) is 1.36. The first-order chi connectivity index (χ1) is 8.08. The number of aryl methyl sites for hydroxylation is 2. The third-order valence-corrected chi connectivity index (χ3v) is 2.53. The van der Waals surface area contributed by atoms with Crippen molar-refractivity contribution in [1.29, 1.82) is 5.41 Å². The summed E-state index contributed by atoms with van der Waals surface area (Å²) in [5.41, 5.74) is 5.32. The van der Waals surface area contributed by atoms with Crippen LogP contribution in [0.3, 0.4) is 0 Å². The Balaban J connectivity index is 2.50. The number of aromatic nitrogens is 3. The molecule has 1 aromatic heterocycles. The molecule has 0 amide bonds. The van der Waals surface area contributed by atoms with Gasteiger partial charge in [-0.15, -0.1) is 0 Å². The summed E-state index contributed by atoms with van der Waals surface area (Å²) in [6.45, 7) is 6.99. The van der Waals surface area contributed by atoms with Gasteiger partial charge in [0.1, 0.15) is 17.8 Å². The van der Waals surface area contributed by atoms with Crippen LogP contribution in [0.5, 0.6) is 0 Å². The Morgan fingerprint density at radius 1 is 1.47 bits per heavy atom. The van der Waals surface area contributed by atoms with Crippen LogP contribution in [0.2, 0.25) is 0 Å². The van der Waals surface area contributed by atoms with Gasteiger partial charge in [0.2, 0.25) is 0 Å². The highest BCUT2D eigenvalue weighted by atomic mass is 16.5. The van der Waals surface area contributed by atoms with Gasteiger partial charge >= 0.3 is 0 Å². The molecule has 1 heterocycles. The molecule has 1 aromatic rings. The van der Waals surface area contributed by atoms with Gasteiger partial charge in [0.15, 0.2) is 5.82 Å². The van der Waals surface area contributed by atoms with Crippen LogP contribution >= 0.6 is 0 Å². The minimum absolute atomic E-state index is 0.0496. The molecule has 96 valence electrons. The SMILES string of the molecule is CCc1nc(CC)n(CCOC(C)C(=N)N)n1. The molecule has 17 heavy (non-hydrogen) atoms. The predicted molar refractivity (Wildman–Crippen MR) is 66.1 cm³/mol.